The van der Waals surface area contributed by atoms with Crippen molar-refractivity contribution < 1.29 is 28.5 Å². The molecule has 2 aliphatic heterocycles. The van der Waals surface area contributed by atoms with E-state index >= 15 is 0 Å². The van der Waals surface area contributed by atoms with Gasteiger partial charge < -0.3 is 28.7 Å². The maximum atomic E-state index is 12.3. The van der Waals surface area contributed by atoms with Crippen molar-refractivity contribution in [3.05, 3.63) is 48.5 Å². The molecule has 2 amide bonds. The Morgan fingerprint density at radius 3 is 1.80 bits per heavy atom. The molecule has 0 aromatic carbocycles. The third kappa shape index (κ3) is 9.11. The number of halogens is 1. The summed E-state index contributed by atoms with van der Waals surface area (Å²) in [6.07, 6.45) is 8.30. The highest BCUT2D eigenvalue weighted by atomic mass is 35.5. The van der Waals surface area contributed by atoms with Crippen LogP contribution in [0.1, 0.15) is 68.2 Å². The Bertz CT molecular complexity index is 1790. The predicted molar refractivity (Wildman–Crippen MR) is 183 cm³/mol. The maximum absolute atomic E-state index is 12.3. The number of ether oxygens (including phenoxy) is 4. The average Bonchev–Trinajstić information content (AvgIpc) is 3.57. The van der Waals surface area contributed by atoms with Gasteiger partial charge in [-0.15, -0.1) is 0 Å². The van der Waals surface area contributed by atoms with Crippen LogP contribution < -0.4 is 9.47 Å². The van der Waals surface area contributed by atoms with Crippen LogP contribution in [0, 0.1) is 0 Å². The molecule has 6 rings (SSSR count). The molecule has 49 heavy (non-hydrogen) atoms. The van der Waals surface area contributed by atoms with Gasteiger partial charge in [-0.25, -0.2) is 34.5 Å². The van der Waals surface area contributed by atoms with Crippen molar-refractivity contribution in [1.82, 2.24) is 39.7 Å². The summed E-state index contributed by atoms with van der Waals surface area (Å²) in [7, 11) is 0. The molecule has 15 heteroatoms. The second-order valence-corrected chi connectivity index (χ2v) is 14.5. The van der Waals surface area contributed by atoms with Gasteiger partial charge in [-0.05, 0) is 67.5 Å². The van der Waals surface area contributed by atoms with Crippen LogP contribution in [0.4, 0.5) is 9.59 Å². The van der Waals surface area contributed by atoms with E-state index in [1.165, 1.54) is 12.7 Å². The molecule has 14 nitrogen and oxygen atoms in total. The summed E-state index contributed by atoms with van der Waals surface area (Å²) in [6, 6.07) is 3.67. The fourth-order valence-electron chi connectivity index (χ4n) is 5.60. The molecule has 0 N–H and O–H groups in total. The first-order valence-electron chi connectivity index (χ1n) is 16.2. The SMILES string of the molecule is C[C@H]1C[C@@H](Oc2ncnc3c(Cl)nccc23)CN1C(=O)OC(C)(C)C.C[C@H]1C[C@@H](Oc2ncnc3cnccc23)CN1C(=O)OC(C)(C)C. The molecule has 262 valence electrons. The lowest BCUT2D eigenvalue weighted by atomic mass is 10.2. The van der Waals surface area contributed by atoms with Gasteiger partial charge in [0.1, 0.15) is 41.6 Å². The number of likely N-dealkylation sites (tertiary alicyclic amines) is 2. The van der Waals surface area contributed by atoms with Gasteiger partial charge in [0.15, 0.2) is 5.15 Å². The monoisotopic (exact) mass is 694 g/mol. The Labute approximate surface area is 290 Å². The molecule has 0 spiro atoms. The molecule has 2 aliphatic rings. The Morgan fingerprint density at radius 2 is 1.24 bits per heavy atom. The molecular weight excluding hydrogens is 652 g/mol. The Balaban J connectivity index is 0.000000191. The average molecular weight is 695 g/mol. The number of rotatable bonds is 4. The zero-order valence-corrected chi connectivity index (χ0v) is 29.8. The summed E-state index contributed by atoms with van der Waals surface area (Å²) in [5.41, 5.74) is 0.246. The van der Waals surface area contributed by atoms with E-state index in [0.29, 0.717) is 47.3 Å². The molecule has 0 aliphatic carbocycles. The number of carbonyl (C=O) groups excluding carboxylic acids is 2. The zero-order chi connectivity index (χ0) is 35.5. The highest BCUT2D eigenvalue weighted by molar-refractivity contribution is 6.33. The first-order chi connectivity index (χ1) is 23.1. The number of nitrogens with zero attached hydrogens (tertiary/aromatic N) is 8. The van der Waals surface area contributed by atoms with Crippen molar-refractivity contribution in [2.45, 2.75) is 104 Å². The number of hydrogen-bond donors (Lipinski definition) is 0. The quantitative estimate of drug-likeness (QED) is 0.222. The molecule has 0 unspecified atom stereocenters. The lowest BCUT2D eigenvalue weighted by Gasteiger charge is -2.26. The smallest absolute Gasteiger partial charge is 0.410 e. The summed E-state index contributed by atoms with van der Waals surface area (Å²) in [6.45, 7) is 16.0. The second kappa shape index (κ2) is 14.5. The lowest BCUT2D eigenvalue weighted by Crippen LogP contribution is -2.39. The Kier molecular flexibility index (Phi) is 10.6. The van der Waals surface area contributed by atoms with E-state index in [4.69, 9.17) is 30.5 Å². The summed E-state index contributed by atoms with van der Waals surface area (Å²) < 4.78 is 23.0. The Morgan fingerprint density at radius 1 is 0.735 bits per heavy atom. The molecule has 0 saturated carbocycles. The fourth-order valence-corrected chi connectivity index (χ4v) is 5.81. The molecule has 4 aromatic heterocycles. The van der Waals surface area contributed by atoms with Gasteiger partial charge in [0, 0.05) is 37.3 Å². The number of fused-ring (bicyclic) bond motifs is 2. The second-order valence-electron chi connectivity index (χ2n) is 14.2. The van der Waals surface area contributed by atoms with Crippen LogP contribution in [0.25, 0.3) is 21.8 Å². The van der Waals surface area contributed by atoms with E-state index in [1.807, 2.05) is 61.5 Å². The summed E-state index contributed by atoms with van der Waals surface area (Å²) >= 11 is 6.07. The van der Waals surface area contributed by atoms with Gasteiger partial charge in [-0.3, -0.25) is 4.98 Å². The van der Waals surface area contributed by atoms with Crippen molar-refractivity contribution in [2.75, 3.05) is 13.1 Å². The molecule has 2 saturated heterocycles. The molecule has 4 atom stereocenters. The topological polar surface area (TPSA) is 155 Å². The van der Waals surface area contributed by atoms with Gasteiger partial charge in [0.25, 0.3) is 0 Å². The highest BCUT2D eigenvalue weighted by Gasteiger charge is 2.38. The third-order valence-electron chi connectivity index (χ3n) is 7.76. The third-order valence-corrected chi connectivity index (χ3v) is 8.04. The number of hydrogen-bond acceptors (Lipinski definition) is 12. The van der Waals surface area contributed by atoms with Crippen molar-refractivity contribution in [1.29, 1.82) is 0 Å². The van der Waals surface area contributed by atoms with Gasteiger partial charge in [-0.2, -0.15) is 0 Å². The normalized spacial score (nSPS) is 20.9. The van der Waals surface area contributed by atoms with Crippen LogP contribution in [-0.4, -0.2) is 100 Å². The minimum Gasteiger partial charge on any atom is -0.472 e. The predicted octanol–water partition coefficient (Wildman–Crippen LogP) is 6.26. The van der Waals surface area contributed by atoms with E-state index in [9.17, 15) is 9.59 Å². The molecular formula is C34H43ClN8O6. The van der Waals surface area contributed by atoms with Crippen LogP contribution in [0.15, 0.2) is 43.4 Å². The van der Waals surface area contributed by atoms with E-state index in [0.717, 1.165) is 17.3 Å². The molecule has 0 bridgehead atoms. The summed E-state index contributed by atoms with van der Waals surface area (Å²) in [4.78, 5) is 52.8. The molecule has 4 aromatic rings. The molecule has 2 fully saturated rings. The maximum Gasteiger partial charge on any atom is 0.410 e. The van der Waals surface area contributed by atoms with Crippen molar-refractivity contribution in [3.63, 3.8) is 0 Å². The number of carbonyl (C=O) groups is 2. The van der Waals surface area contributed by atoms with Crippen LogP contribution in [0.5, 0.6) is 11.8 Å². The number of amides is 2. The molecule has 6 heterocycles. The van der Waals surface area contributed by atoms with E-state index < -0.39 is 11.2 Å². The van der Waals surface area contributed by atoms with Crippen LogP contribution in [0.3, 0.4) is 0 Å². The van der Waals surface area contributed by atoms with Gasteiger partial charge in [-0.1, -0.05) is 11.6 Å². The first-order valence-corrected chi connectivity index (χ1v) is 16.6. The van der Waals surface area contributed by atoms with E-state index in [1.54, 1.807) is 34.5 Å². The Hall–Kier alpha value is -4.59. The minimum atomic E-state index is -0.525. The first kappa shape index (κ1) is 35.7. The standard InChI is InChI=1S/C17H21ClN4O3.C17H22N4O3/c1-10-7-11(8-22(10)16(23)25-17(2,3)4)24-15-12-5-6-19-14(18)13(12)20-9-21-15;1-11-7-12(9-21(11)16(22)24-17(2,3)4)23-15-13-5-6-18-8-14(13)19-10-20-15/h5-6,9-11H,7-8H2,1-4H3;5-6,8,10-12H,7,9H2,1-4H3/t10-,11+;11-,12+/m00/s1. The number of pyridine rings is 2. The van der Waals surface area contributed by atoms with Gasteiger partial charge in [0.2, 0.25) is 11.8 Å². The van der Waals surface area contributed by atoms with E-state index in [2.05, 4.69) is 29.9 Å². The summed E-state index contributed by atoms with van der Waals surface area (Å²) in [5.74, 6) is 0.961. The lowest BCUT2D eigenvalue weighted by molar-refractivity contribution is 0.0213. The largest absolute Gasteiger partial charge is 0.472 e. The van der Waals surface area contributed by atoms with Crippen molar-refractivity contribution >= 4 is 45.6 Å². The zero-order valence-electron chi connectivity index (χ0n) is 29.1. The molecule has 0 radical (unpaired) electrons. The number of aromatic nitrogens is 6. The fraction of sp³-hybridized carbons (Fsp3) is 0.529. The van der Waals surface area contributed by atoms with Crippen molar-refractivity contribution in [3.8, 4) is 11.8 Å². The highest BCUT2D eigenvalue weighted by Crippen LogP contribution is 2.30. The van der Waals surface area contributed by atoms with Gasteiger partial charge >= 0.3 is 12.2 Å². The summed E-state index contributed by atoms with van der Waals surface area (Å²) in [5, 5.41) is 1.82. The van der Waals surface area contributed by atoms with Gasteiger partial charge in [0.05, 0.1) is 35.6 Å². The van der Waals surface area contributed by atoms with Crippen LogP contribution in [-0.2, 0) is 9.47 Å². The van der Waals surface area contributed by atoms with Crippen molar-refractivity contribution in [2.24, 2.45) is 0 Å². The van der Waals surface area contributed by atoms with E-state index in [-0.39, 0.29) is 36.5 Å². The van der Waals surface area contributed by atoms with Crippen LogP contribution >= 0.6 is 11.6 Å². The minimum absolute atomic E-state index is 0.0261. The van der Waals surface area contributed by atoms with Crippen LogP contribution in [0.2, 0.25) is 5.15 Å².